The highest BCUT2D eigenvalue weighted by Gasteiger charge is 2.46. The van der Waals surface area contributed by atoms with E-state index in [1.165, 1.54) is 10.9 Å². The predicted molar refractivity (Wildman–Crippen MR) is 407 cm³/mol. The smallest absolute Gasteiger partial charge is 0.238 e. The molecule has 98 heavy (non-hydrogen) atoms. The highest BCUT2D eigenvalue weighted by molar-refractivity contribution is 7.03. The second-order valence-electron chi connectivity index (χ2n) is 26.4. The molecular weight excluding hydrogens is 1180 g/mol. The van der Waals surface area contributed by atoms with E-state index in [1.54, 1.807) is 0 Å². The Morgan fingerprint density at radius 1 is 0.245 bits per heavy atom. The molecule has 4 aliphatic rings. The summed E-state index contributed by atoms with van der Waals surface area (Å²) in [6.45, 7) is 16.7. The quantitative estimate of drug-likeness (QED) is 0.0865. The molecule has 0 atom stereocenters. The molecule has 0 fully saturated rings. The fraction of sp³-hybridized carbons (Fsp3) is 0. The summed E-state index contributed by atoms with van der Waals surface area (Å²) in [6, 6.07) is 110. The third-order valence-corrected chi connectivity index (χ3v) is 21.5. The molecule has 4 aliphatic heterocycles. The minimum atomic E-state index is -0.264. The molecule has 0 bridgehead atoms. The molecule has 16 aromatic rings. The molecule has 0 aromatic heterocycles. The van der Waals surface area contributed by atoms with Crippen molar-refractivity contribution in [2.45, 2.75) is 0 Å². The van der Waals surface area contributed by atoms with Gasteiger partial charge in [0, 0.05) is 0 Å². The van der Waals surface area contributed by atoms with Gasteiger partial charge < -0.3 is 0 Å². The summed E-state index contributed by atoms with van der Waals surface area (Å²) >= 11 is 0. The first kappa shape index (κ1) is 55.1. The third kappa shape index (κ3) is 7.87. The predicted octanol–water partition coefficient (Wildman–Crippen LogP) is 19.7. The van der Waals surface area contributed by atoms with Crippen LogP contribution in [0.3, 0.4) is 0 Å². The standard InChI is InChI=1S/C92H48B2N4/c1-97-63-34-36-82-70(44-63)77-38-54(52-96)39-78-73-47-71(85-65(57-25-13-5-14-26-57)40-61(55-21-9-3-10-22-55)41-66(85)58-27-15-6-16-28-58)75-50-84-88-74(80-46-64(98-2)45-79-69-37-53(51-95)33-35-81(69)93(84)92(79)80)48-72(76-49-83(94(82)91(77)78)87(73)89(75)90(76)88)86-67(59-29-17-7-18-30-59)42-62(56-23-11-4-12-24-56)43-68(86)60-31-19-8-20-32-60/h3-50H. The van der Waals surface area contributed by atoms with Crippen LogP contribution in [-0.2, 0) is 0 Å². The molecule has 4 nitrogen and oxygen atoms in total. The summed E-state index contributed by atoms with van der Waals surface area (Å²) in [4.78, 5) is 8.28. The van der Waals surface area contributed by atoms with E-state index < -0.39 is 0 Å². The van der Waals surface area contributed by atoms with E-state index in [0.29, 0.717) is 22.5 Å². The van der Waals surface area contributed by atoms with Crippen LogP contribution in [-0.4, -0.2) is 13.4 Å². The fourth-order valence-electron chi connectivity index (χ4n) is 17.5. The molecule has 0 N–H and O–H groups in total. The maximum absolute atomic E-state index is 11.3. The second kappa shape index (κ2) is 21.1. The third-order valence-electron chi connectivity index (χ3n) is 21.5. The van der Waals surface area contributed by atoms with Crippen molar-refractivity contribution in [3.8, 4) is 146 Å². The number of nitriles is 2. The topological polar surface area (TPSA) is 56.3 Å². The van der Waals surface area contributed by atoms with Gasteiger partial charge in [0.15, 0.2) is 11.4 Å². The van der Waals surface area contributed by atoms with Crippen LogP contribution in [0, 0.1) is 35.8 Å². The number of hydrogen-bond acceptors (Lipinski definition) is 2. The monoisotopic (exact) mass is 1230 g/mol. The lowest BCUT2D eigenvalue weighted by atomic mass is 9.34. The van der Waals surface area contributed by atoms with E-state index in [0.717, 1.165) is 188 Å². The molecule has 442 valence electrons. The van der Waals surface area contributed by atoms with Crippen LogP contribution >= 0.6 is 0 Å². The molecular formula is C92H48B2N4. The van der Waals surface area contributed by atoms with Gasteiger partial charge in [0.25, 0.3) is 0 Å². The van der Waals surface area contributed by atoms with E-state index in [1.807, 2.05) is 24.3 Å². The summed E-state index contributed by atoms with van der Waals surface area (Å²) in [5.74, 6) is 0. The van der Waals surface area contributed by atoms with Gasteiger partial charge in [-0.3, -0.25) is 0 Å². The minimum absolute atomic E-state index is 0.263. The van der Waals surface area contributed by atoms with Gasteiger partial charge in [-0.15, -0.1) is 0 Å². The van der Waals surface area contributed by atoms with Gasteiger partial charge in [-0.05, 0) is 245 Å². The fourth-order valence-corrected chi connectivity index (χ4v) is 17.5. The average molecular weight is 1230 g/mol. The van der Waals surface area contributed by atoms with Gasteiger partial charge in [-0.2, -0.15) is 10.5 Å². The zero-order valence-electron chi connectivity index (χ0n) is 52.7. The molecule has 0 amide bonds. The van der Waals surface area contributed by atoms with Crippen LogP contribution in [0.1, 0.15) is 11.1 Å². The first-order valence-corrected chi connectivity index (χ1v) is 33.2. The SMILES string of the molecule is [C-]#[N+]c1ccc2c(c1)-c1cc(C#N)cc3c1B2c1cc2c(-c4c(-c5ccccc5)cc(-c5ccccc5)cc4-c4ccccc4)cc4c5c(cc6c(-c7c(-c8ccccc8)cc(-c8ccccc8)cc7-c7ccccc7)cc-3c1c6c25)B1c2ccc(C#N)cc2-c2cc([N+]#[C-])cc-4c21. The van der Waals surface area contributed by atoms with Crippen LogP contribution in [0.2, 0.25) is 0 Å². The van der Waals surface area contributed by atoms with Crippen molar-refractivity contribution in [2.24, 2.45) is 0 Å². The molecule has 0 unspecified atom stereocenters. The summed E-state index contributed by atoms with van der Waals surface area (Å²) in [6.07, 6.45) is 0. The van der Waals surface area contributed by atoms with Crippen molar-refractivity contribution in [2.75, 3.05) is 0 Å². The molecule has 0 saturated heterocycles. The largest absolute Gasteiger partial charge is 0.244 e. The highest BCUT2D eigenvalue weighted by Crippen LogP contribution is 2.56. The van der Waals surface area contributed by atoms with Crippen molar-refractivity contribution in [1.82, 2.24) is 0 Å². The zero-order chi connectivity index (χ0) is 65.0. The van der Waals surface area contributed by atoms with E-state index in [-0.39, 0.29) is 13.4 Å². The van der Waals surface area contributed by atoms with Gasteiger partial charge in [0.05, 0.1) is 36.4 Å². The van der Waals surface area contributed by atoms with Crippen molar-refractivity contribution < 1.29 is 0 Å². The van der Waals surface area contributed by atoms with Gasteiger partial charge in [-0.25, -0.2) is 9.69 Å². The minimum Gasteiger partial charge on any atom is -0.238 e. The first-order chi connectivity index (χ1) is 48.4. The number of fused-ring (bicyclic) bond motifs is 10. The van der Waals surface area contributed by atoms with Gasteiger partial charge in [-0.1, -0.05) is 245 Å². The van der Waals surface area contributed by atoms with E-state index >= 15 is 0 Å². The Kier molecular flexibility index (Phi) is 11.9. The molecule has 16 aromatic carbocycles. The van der Waals surface area contributed by atoms with Crippen LogP contribution in [0.5, 0.6) is 0 Å². The Labute approximate surface area is 567 Å². The van der Waals surface area contributed by atoms with E-state index in [4.69, 9.17) is 13.1 Å². The van der Waals surface area contributed by atoms with Crippen molar-refractivity contribution in [3.63, 3.8) is 0 Å². The van der Waals surface area contributed by atoms with Gasteiger partial charge in [0.2, 0.25) is 13.4 Å². The average Bonchev–Trinajstić information content (AvgIpc) is 1.14. The van der Waals surface area contributed by atoms with Crippen molar-refractivity contribution in [1.29, 1.82) is 10.5 Å². The lowest BCUT2D eigenvalue weighted by molar-refractivity contribution is 1.49. The van der Waals surface area contributed by atoms with Crippen LogP contribution in [0.25, 0.3) is 176 Å². The first-order valence-electron chi connectivity index (χ1n) is 33.2. The normalized spacial score (nSPS) is 12.2. The highest BCUT2D eigenvalue weighted by atomic mass is 14.6. The summed E-state index contributed by atoms with van der Waals surface area (Å²) in [7, 11) is 0. The Balaban J connectivity index is 1.05. The Bertz CT molecular complexity index is 5860. The Hall–Kier alpha value is -13.4. The maximum atomic E-state index is 11.3. The number of hydrogen-bond donors (Lipinski definition) is 0. The Morgan fingerprint density at radius 3 is 0.980 bits per heavy atom. The van der Waals surface area contributed by atoms with Crippen molar-refractivity contribution >= 4 is 89.9 Å². The number of rotatable bonds is 8. The second-order valence-corrected chi connectivity index (χ2v) is 26.4. The number of benzene rings is 16. The molecule has 0 aliphatic carbocycles. The lowest BCUT2D eigenvalue weighted by Crippen LogP contribution is -2.53. The van der Waals surface area contributed by atoms with E-state index in [9.17, 15) is 10.5 Å². The lowest BCUT2D eigenvalue weighted by Gasteiger charge is -2.34. The molecule has 6 heteroatoms. The summed E-state index contributed by atoms with van der Waals surface area (Å²) in [5, 5.41) is 28.7. The van der Waals surface area contributed by atoms with Crippen molar-refractivity contribution in [3.05, 3.63) is 325 Å². The van der Waals surface area contributed by atoms with Crippen LogP contribution < -0.4 is 32.8 Å². The maximum Gasteiger partial charge on any atom is 0.244 e. The van der Waals surface area contributed by atoms with Crippen LogP contribution in [0.15, 0.2) is 291 Å². The zero-order valence-corrected chi connectivity index (χ0v) is 52.7. The molecule has 4 heterocycles. The molecule has 20 rings (SSSR count). The molecule has 0 saturated carbocycles. The summed E-state index contributed by atoms with van der Waals surface area (Å²) in [5.41, 5.74) is 34.4. The molecule has 0 spiro atoms. The number of nitrogens with zero attached hydrogens (tertiary/aromatic N) is 4. The molecule has 0 radical (unpaired) electrons. The Morgan fingerprint density at radius 2 is 0.582 bits per heavy atom. The van der Waals surface area contributed by atoms with Gasteiger partial charge in [0.1, 0.15) is 0 Å². The van der Waals surface area contributed by atoms with Gasteiger partial charge >= 0.3 is 0 Å². The van der Waals surface area contributed by atoms with Crippen LogP contribution in [0.4, 0.5) is 11.4 Å². The van der Waals surface area contributed by atoms with E-state index in [2.05, 4.69) is 289 Å². The summed E-state index contributed by atoms with van der Waals surface area (Å²) < 4.78 is 0.